The van der Waals surface area contributed by atoms with Gasteiger partial charge in [-0.05, 0) is 40.6 Å². The summed E-state index contributed by atoms with van der Waals surface area (Å²) >= 11 is 1.75. The molecule has 0 aliphatic carbocycles. The van der Waals surface area contributed by atoms with Crippen molar-refractivity contribution >= 4 is 38.2 Å². The quantitative estimate of drug-likeness (QED) is 0.602. The summed E-state index contributed by atoms with van der Waals surface area (Å²) in [6.07, 6.45) is 0. The fourth-order valence-corrected chi connectivity index (χ4v) is 3.39. The van der Waals surface area contributed by atoms with Gasteiger partial charge in [0.2, 0.25) is 0 Å². The minimum Gasteiger partial charge on any atom is -0.408 e. The summed E-state index contributed by atoms with van der Waals surface area (Å²) in [5.41, 5.74) is 3.51. The Balaban J connectivity index is 1.61. The Morgan fingerprint density at radius 1 is 1.19 bits per heavy atom. The molecule has 0 saturated carbocycles. The first-order chi connectivity index (χ1) is 10.3. The smallest absolute Gasteiger partial charge is 0.408 e. The number of aromatic nitrogens is 1. The average Bonchev–Trinajstić information content (AvgIpc) is 3.07. The van der Waals surface area contributed by atoms with Gasteiger partial charge in [0.1, 0.15) is 0 Å². The molecule has 2 N–H and O–H groups in total. The maximum Gasteiger partial charge on any atom is 0.417 e. The Bertz CT molecular complexity index is 980. The number of hydrogen-bond acceptors (Lipinski definition) is 4. The molecule has 21 heavy (non-hydrogen) atoms. The van der Waals surface area contributed by atoms with Crippen LogP contribution in [0.5, 0.6) is 0 Å². The third-order valence-corrected chi connectivity index (χ3v) is 4.48. The Labute approximate surface area is 124 Å². The van der Waals surface area contributed by atoms with Gasteiger partial charge in [-0.2, -0.15) is 0 Å². The van der Waals surface area contributed by atoms with E-state index >= 15 is 0 Å². The van der Waals surface area contributed by atoms with Gasteiger partial charge in [-0.25, -0.2) is 4.79 Å². The zero-order valence-electron chi connectivity index (χ0n) is 11.1. The second kappa shape index (κ2) is 4.79. The summed E-state index contributed by atoms with van der Waals surface area (Å²) in [6, 6.07) is 14.0. The number of thiophene rings is 1. The van der Waals surface area contributed by atoms with Crippen molar-refractivity contribution in [2.45, 2.75) is 6.54 Å². The fraction of sp³-hybridized carbons (Fsp3) is 0.0625. The van der Waals surface area contributed by atoms with E-state index in [1.54, 1.807) is 17.4 Å². The molecule has 5 heteroatoms. The molecule has 0 spiro atoms. The van der Waals surface area contributed by atoms with Crippen LogP contribution in [-0.4, -0.2) is 4.98 Å². The first-order valence-corrected chi connectivity index (χ1v) is 7.49. The first kappa shape index (κ1) is 12.2. The van der Waals surface area contributed by atoms with Crippen LogP contribution in [0.25, 0.3) is 21.2 Å². The number of H-pyrrole nitrogens is 1. The van der Waals surface area contributed by atoms with Gasteiger partial charge in [-0.3, -0.25) is 4.98 Å². The normalized spacial score (nSPS) is 11.2. The lowest BCUT2D eigenvalue weighted by Crippen LogP contribution is -1.98. The van der Waals surface area contributed by atoms with E-state index in [0.717, 1.165) is 12.2 Å². The molecule has 2 aromatic heterocycles. The molecule has 0 bridgehead atoms. The summed E-state index contributed by atoms with van der Waals surface area (Å²) in [5, 5.41) is 6.85. The van der Waals surface area contributed by atoms with Crippen LogP contribution in [0.4, 0.5) is 5.69 Å². The molecule has 0 aliphatic rings. The Kier molecular flexibility index (Phi) is 2.79. The number of benzene rings is 2. The second-order valence-corrected chi connectivity index (χ2v) is 5.75. The van der Waals surface area contributed by atoms with Gasteiger partial charge in [0.25, 0.3) is 0 Å². The fourth-order valence-electron chi connectivity index (χ4n) is 2.43. The van der Waals surface area contributed by atoms with Crippen molar-refractivity contribution in [1.82, 2.24) is 4.98 Å². The zero-order chi connectivity index (χ0) is 14.2. The molecule has 0 aliphatic heterocycles. The minimum absolute atomic E-state index is 0.425. The third kappa shape index (κ3) is 2.21. The highest BCUT2D eigenvalue weighted by Crippen LogP contribution is 2.26. The van der Waals surface area contributed by atoms with Gasteiger partial charge in [0.15, 0.2) is 5.58 Å². The topological polar surface area (TPSA) is 58.0 Å². The van der Waals surface area contributed by atoms with E-state index in [9.17, 15) is 4.79 Å². The van der Waals surface area contributed by atoms with Crippen LogP contribution in [0.1, 0.15) is 5.56 Å². The molecule has 4 nitrogen and oxygen atoms in total. The lowest BCUT2D eigenvalue weighted by Gasteiger charge is -2.05. The van der Waals surface area contributed by atoms with Crippen LogP contribution in [0, 0.1) is 0 Å². The molecule has 0 radical (unpaired) electrons. The van der Waals surface area contributed by atoms with Crippen LogP contribution < -0.4 is 11.1 Å². The van der Waals surface area contributed by atoms with Crippen LogP contribution in [-0.2, 0) is 6.54 Å². The summed E-state index contributed by atoms with van der Waals surface area (Å²) < 4.78 is 6.29. The lowest BCUT2D eigenvalue weighted by molar-refractivity contribution is 0.555. The minimum atomic E-state index is -0.425. The number of anilines is 1. The number of fused-ring (bicyclic) bond motifs is 2. The van der Waals surface area contributed by atoms with Crippen molar-refractivity contribution in [1.29, 1.82) is 0 Å². The van der Waals surface area contributed by atoms with Gasteiger partial charge in [0, 0.05) is 16.9 Å². The maximum absolute atomic E-state index is 11.2. The van der Waals surface area contributed by atoms with E-state index in [-0.39, 0.29) is 0 Å². The van der Waals surface area contributed by atoms with Crippen LogP contribution >= 0.6 is 11.3 Å². The van der Waals surface area contributed by atoms with Crippen molar-refractivity contribution in [3.05, 3.63) is 64.0 Å². The molecule has 0 fully saturated rings. The molecule has 0 saturated heterocycles. The Hall–Kier alpha value is -2.53. The summed E-state index contributed by atoms with van der Waals surface area (Å²) in [7, 11) is 0. The molecule has 0 atom stereocenters. The Morgan fingerprint density at radius 2 is 2.10 bits per heavy atom. The highest BCUT2D eigenvalue weighted by molar-refractivity contribution is 7.17. The number of nitrogens with one attached hydrogen (secondary N) is 2. The van der Waals surface area contributed by atoms with Gasteiger partial charge >= 0.3 is 5.76 Å². The summed E-state index contributed by atoms with van der Waals surface area (Å²) in [4.78, 5) is 13.8. The van der Waals surface area contributed by atoms with E-state index in [0.29, 0.717) is 11.1 Å². The van der Waals surface area contributed by atoms with E-state index < -0.39 is 5.76 Å². The molecule has 0 unspecified atom stereocenters. The maximum atomic E-state index is 11.2. The number of rotatable bonds is 3. The van der Waals surface area contributed by atoms with Gasteiger partial charge in [-0.15, -0.1) is 11.3 Å². The molecule has 4 aromatic rings. The van der Waals surface area contributed by atoms with Crippen molar-refractivity contribution in [2.75, 3.05) is 5.32 Å². The van der Waals surface area contributed by atoms with E-state index in [2.05, 4.69) is 39.9 Å². The molecule has 0 amide bonds. The highest BCUT2D eigenvalue weighted by Gasteiger charge is 2.05. The monoisotopic (exact) mass is 296 g/mol. The van der Waals surface area contributed by atoms with Gasteiger partial charge < -0.3 is 9.73 Å². The standard InChI is InChI=1S/C16H12N2O2S/c19-16-18-13-7-11(5-6-14(13)20-16)17-8-10-9-21-15-4-2-1-3-12(10)15/h1-7,9,17H,8H2,(H,18,19). The Morgan fingerprint density at radius 3 is 3.05 bits per heavy atom. The van der Waals surface area contributed by atoms with Crippen molar-refractivity contribution in [3.63, 3.8) is 0 Å². The second-order valence-electron chi connectivity index (χ2n) is 4.84. The number of aromatic amines is 1. The molecular formula is C16H12N2O2S. The summed E-state index contributed by atoms with van der Waals surface area (Å²) in [6.45, 7) is 0.748. The number of hydrogen-bond donors (Lipinski definition) is 2. The van der Waals surface area contributed by atoms with E-state index in [1.165, 1.54) is 15.6 Å². The van der Waals surface area contributed by atoms with Crippen LogP contribution in [0.2, 0.25) is 0 Å². The van der Waals surface area contributed by atoms with Crippen LogP contribution in [0.15, 0.2) is 57.1 Å². The average molecular weight is 296 g/mol. The number of oxazole rings is 1. The third-order valence-electron chi connectivity index (χ3n) is 3.46. The molecule has 4 rings (SSSR count). The van der Waals surface area contributed by atoms with Crippen LogP contribution in [0.3, 0.4) is 0 Å². The van der Waals surface area contributed by atoms with Crippen molar-refractivity contribution < 1.29 is 4.42 Å². The van der Waals surface area contributed by atoms with Crippen molar-refractivity contribution in [3.8, 4) is 0 Å². The van der Waals surface area contributed by atoms with Gasteiger partial charge in [0.05, 0.1) is 5.52 Å². The van der Waals surface area contributed by atoms with E-state index in [1.807, 2.05) is 12.1 Å². The molecule has 104 valence electrons. The summed E-state index contributed by atoms with van der Waals surface area (Å²) in [5.74, 6) is -0.425. The SMILES string of the molecule is O=c1[nH]c2cc(NCc3csc4ccccc34)ccc2o1. The van der Waals surface area contributed by atoms with Crippen molar-refractivity contribution in [2.24, 2.45) is 0 Å². The highest BCUT2D eigenvalue weighted by atomic mass is 32.1. The molecular weight excluding hydrogens is 284 g/mol. The largest absolute Gasteiger partial charge is 0.417 e. The lowest BCUT2D eigenvalue weighted by atomic mass is 10.2. The molecule has 2 aromatic carbocycles. The predicted octanol–water partition coefficient (Wildman–Crippen LogP) is 3.95. The van der Waals surface area contributed by atoms with Gasteiger partial charge in [-0.1, -0.05) is 18.2 Å². The predicted molar refractivity (Wildman–Crippen MR) is 86.0 cm³/mol. The van der Waals surface area contributed by atoms with E-state index in [4.69, 9.17) is 4.42 Å². The first-order valence-electron chi connectivity index (χ1n) is 6.61. The zero-order valence-corrected chi connectivity index (χ0v) is 11.9. The molecule has 2 heterocycles.